The van der Waals surface area contributed by atoms with Crippen molar-refractivity contribution >= 4 is 0 Å². The van der Waals surface area contributed by atoms with E-state index in [4.69, 9.17) is 4.74 Å². The number of hydrogen-bond acceptors (Lipinski definition) is 4. The SMILES string of the molecule is c1ccc(CN2CCC3(CC2)CCN(C[C@@H]2CCOC2)CC3)nc1. The van der Waals surface area contributed by atoms with Crippen LogP contribution in [0.2, 0.25) is 0 Å². The van der Waals surface area contributed by atoms with E-state index in [1.165, 1.54) is 70.5 Å². The Kier molecular flexibility index (Phi) is 5.16. The summed E-state index contributed by atoms with van der Waals surface area (Å²) in [5.41, 5.74) is 1.84. The van der Waals surface area contributed by atoms with Gasteiger partial charge in [-0.25, -0.2) is 0 Å². The third-order valence-electron chi connectivity index (χ3n) is 6.49. The second-order valence-electron chi connectivity index (χ2n) is 8.13. The van der Waals surface area contributed by atoms with Crippen LogP contribution in [0.3, 0.4) is 0 Å². The van der Waals surface area contributed by atoms with Gasteiger partial charge in [-0.15, -0.1) is 0 Å². The van der Waals surface area contributed by atoms with Crippen molar-refractivity contribution in [2.24, 2.45) is 11.3 Å². The Bertz CT molecular complexity index is 497. The molecule has 3 fully saturated rings. The number of ether oxygens (including phenoxy) is 1. The molecule has 0 unspecified atom stereocenters. The van der Waals surface area contributed by atoms with Gasteiger partial charge in [0.2, 0.25) is 0 Å². The molecule has 0 saturated carbocycles. The fourth-order valence-corrected chi connectivity index (χ4v) is 4.71. The van der Waals surface area contributed by atoms with Crippen LogP contribution in [0.15, 0.2) is 24.4 Å². The van der Waals surface area contributed by atoms with E-state index < -0.39 is 0 Å². The van der Waals surface area contributed by atoms with E-state index in [1.54, 1.807) is 0 Å². The molecule has 0 amide bonds. The van der Waals surface area contributed by atoms with Gasteiger partial charge >= 0.3 is 0 Å². The highest BCUT2D eigenvalue weighted by molar-refractivity contribution is 5.04. The Balaban J connectivity index is 1.22. The average Bonchev–Trinajstić information content (AvgIpc) is 3.13. The van der Waals surface area contributed by atoms with Gasteiger partial charge in [-0.3, -0.25) is 9.88 Å². The van der Waals surface area contributed by atoms with Gasteiger partial charge in [-0.2, -0.15) is 0 Å². The highest BCUT2D eigenvalue weighted by atomic mass is 16.5. The lowest BCUT2D eigenvalue weighted by Gasteiger charge is -2.47. The first kappa shape index (κ1) is 16.5. The van der Waals surface area contributed by atoms with Crippen LogP contribution in [-0.4, -0.2) is 60.7 Å². The molecule has 1 aromatic rings. The van der Waals surface area contributed by atoms with Crippen molar-refractivity contribution in [2.75, 3.05) is 45.9 Å². The minimum Gasteiger partial charge on any atom is -0.381 e. The number of nitrogens with zero attached hydrogens (tertiary/aromatic N) is 3. The van der Waals surface area contributed by atoms with Gasteiger partial charge in [0.15, 0.2) is 0 Å². The highest BCUT2D eigenvalue weighted by Gasteiger charge is 2.37. The maximum atomic E-state index is 5.53. The minimum absolute atomic E-state index is 0.628. The summed E-state index contributed by atoms with van der Waals surface area (Å²) in [4.78, 5) is 9.77. The first-order valence-electron chi connectivity index (χ1n) is 9.74. The van der Waals surface area contributed by atoms with Crippen molar-refractivity contribution in [3.8, 4) is 0 Å². The summed E-state index contributed by atoms with van der Waals surface area (Å²) in [6, 6.07) is 6.24. The molecule has 132 valence electrons. The Morgan fingerprint density at radius 1 is 1.04 bits per heavy atom. The molecule has 1 spiro atoms. The zero-order valence-electron chi connectivity index (χ0n) is 14.8. The van der Waals surface area contributed by atoms with Crippen molar-refractivity contribution in [1.82, 2.24) is 14.8 Å². The molecular formula is C20H31N3O. The fraction of sp³-hybridized carbons (Fsp3) is 0.750. The van der Waals surface area contributed by atoms with Gasteiger partial charge in [-0.05, 0) is 81.7 Å². The molecule has 24 heavy (non-hydrogen) atoms. The lowest BCUT2D eigenvalue weighted by Crippen LogP contribution is -2.47. The average molecular weight is 329 g/mol. The van der Waals surface area contributed by atoms with Gasteiger partial charge in [0, 0.05) is 25.9 Å². The predicted molar refractivity (Wildman–Crippen MR) is 95.8 cm³/mol. The molecule has 0 N–H and O–H groups in total. The zero-order chi connectivity index (χ0) is 16.2. The summed E-state index contributed by atoms with van der Waals surface area (Å²) in [5, 5.41) is 0. The number of pyridine rings is 1. The second kappa shape index (κ2) is 7.51. The molecule has 0 radical (unpaired) electrons. The Morgan fingerprint density at radius 3 is 2.42 bits per heavy atom. The number of rotatable bonds is 4. The van der Waals surface area contributed by atoms with E-state index in [9.17, 15) is 0 Å². The standard InChI is InChI=1S/C20H31N3O/c1-2-9-21-19(3-1)16-23-12-7-20(8-13-23)5-10-22(11-6-20)15-18-4-14-24-17-18/h1-3,9,18H,4-8,10-17H2/t18-/m0/s1. The first-order chi connectivity index (χ1) is 11.8. The number of likely N-dealkylation sites (tertiary alicyclic amines) is 2. The van der Waals surface area contributed by atoms with Gasteiger partial charge < -0.3 is 9.64 Å². The largest absolute Gasteiger partial charge is 0.381 e. The molecule has 4 rings (SSSR count). The van der Waals surface area contributed by atoms with Gasteiger partial charge in [0.05, 0.1) is 12.3 Å². The smallest absolute Gasteiger partial charge is 0.0543 e. The topological polar surface area (TPSA) is 28.6 Å². The lowest BCUT2D eigenvalue weighted by molar-refractivity contribution is 0.0267. The maximum absolute atomic E-state index is 5.53. The normalized spacial score (nSPS) is 28.4. The van der Waals surface area contributed by atoms with Gasteiger partial charge in [0.25, 0.3) is 0 Å². The number of piperidine rings is 2. The van der Waals surface area contributed by atoms with E-state index in [0.29, 0.717) is 5.41 Å². The lowest BCUT2D eigenvalue weighted by atomic mass is 9.71. The first-order valence-corrected chi connectivity index (χ1v) is 9.74. The molecule has 0 aliphatic carbocycles. The fourth-order valence-electron chi connectivity index (χ4n) is 4.71. The van der Waals surface area contributed by atoms with E-state index >= 15 is 0 Å². The summed E-state index contributed by atoms with van der Waals surface area (Å²) in [6.07, 6.45) is 8.73. The van der Waals surface area contributed by atoms with Gasteiger partial charge in [-0.1, -0.05) is 6.07 Å². The second-order valence-corrected chi connectivity index (χ2v) is 8.13. The summed E-state index contributed by atoms with van der Waals surface area (Å²) in [5.74, 6) is 0.791. The molecular weight excluding hydrogens is 298 g/mol. The van der Waals surface area contributed by atoms with Crippen molar-refractivity contribution in [2.45, 2.75) is 38.6 Å². The van der Waals surface area contributed by atoms with Crippen LogP contribution in [-0.2, 0) is 11.3 Å². The van der Waals surface area contributed by atoms with Gasteiger partial charge in [0.1, 0.15) is 0 Å². The Morgan fingerprint density at radius 2 is 1.79 bits per heavy atom. The molecule has 0 bridgehead atoms. The monoisotopic (exact) mass is 329 g/mol. The Labute approximate surface area is 146 Å². The maximum Gasteiger partial charge on any atom is 0.0543 e. The summed E-state index contributed by atoms with van der Waals surface area (Å²) in [7, 11) is 0. The molecule has 1 atom stereocenters. The van der Waals surface area contributed by atoms with E-state index in [2.05, 4.69) is 26.9 Å². The van der Waals surface area contributed by atoms with Crippen LogP contribution in [0.5, 0.6) is 0 Å². The molecule has 4 heterocycles. The summed E-state index contributed by atoms with van der Waals surface area (Å²) >= 11 is 0. The molecule has 4 nitrogen and oxygen atoms in total. The quantitative estimate of drug-likeness (QED) is 0.849. The Hall–Kier alpha value is -0.970. The van der Waals surface area contributed by atoms with Crippen LogP contribution in [0, 0.1) is 11.3 Å². The van der Waals surface area contributed by atoms with E-state index in [1.807, 2.05) is 12.3 Å². The van der Waals surface area contributed by atoms with E-state index in [0.717, 1.165) is 25.7 Å². The molecule has 3 aliphatic rings. The third-order valence-corrected chi connectivity index (χ3v) is 6.49. The van der Waals surface area contributed by atoms with E-state index in [-0.39, 0.29) is 0 Å². The van der Waals surface area contributed by atoms with Crippen LogP contribution < -0.4 is 0 Å². The molecule has 0 aromatic carbocycles. The van der Waals surface area contributed by atoms with Crippen LogP contribution in [0.4, 0.5) is 0 Å². The predicted octanol–water partition coefficient (Wildman–Crippen LogP) is 2.80. The van der Waals surface area contributed by atoms with Crippen LogP contribution >= 0.6 is 0 Å². The number of aromatic nitrogens is 1. The summed E-state index contributed by atoms with van der Waals surface area (Å²) < 4.78 is 5.53. The van der Waals surface area contributed by atoms with Crippen molar-refractivity contribution in [3.63, 3.8) is 0 Å². The minimum atomic E-state index is 0.628. The zero-order valence-corrected chi connectivity index (χ0v) is 14.8. The molecule has 4 heteroatoms. The molecule has 1 aromatic heterocycles. The van der Waals surface area contributed by atoms with Crippen molar-refractivity contribution in [3.05, 3.63) is 30.1 Å². The van der Waals surface area contributed by atoms with Crippen LogP contribution in [0.1, 0.15) is 37.8 Å². The van der Waals surface area contributed by atoms with Crippen molar-refractivity contribution in [1.29, 1.82) is 0 Å². The highest BCUT2D eigenvalue weighted by Crippen LogP contribution is 2.41. The van der Waals surface area contributed by atoms with Crippen LogP contribution in [0.25, 0.3) is 0 Å². The third kappa shape index (κ3) is 3.98. The summed E-state index contributed by atoms with van der Waals surface area (Å²) in [6.45, 7) is 9.35. The molecule has 3 aliphatic heterocycles. The van der Waals surface area contributed by atoms with Crippen molar-refractivity contribution < 1.29 is 4.74 Å². The molecule has 3 saturated heterocycles. The number of hydrogen-bond donors (Lipinski definition) is 0.